The van der Waals surface area contributed by atoms with Gasteiger partial charge in [-0.15, -0.1) is 0 Å². The molecular weight excluding hydrogens is 461 g/mol. The molecule has 1 aromatic heterocycles. The van der Waals surface area contributed by atoms with E-state index < -0.39 is 27.3 Å². The molecule has 180 valence electrons. The summed E-state index contributed by atoms with van der Waals surface area (Å²) in [5.74, 6) is -2.29. The Morgan fingerprint density at radius 1 is 1.09 bits per heavy atom. The number of halogens is 1. The van der Waals surface area contributed by atoms with Crippen LogP contribution in [0.3, 0.4) is 0 Å². The molecule has 2 heterocycles. The minimum atomic E-state index is -4.05. The Bertz CT molecular complexity index is 1330. The largest absolute Gasteiger partial charge is 0.372 e. The van der Waals surface area contributed by atoms with Crippen molar-refractivity contribution in [1.29, 1.82) is 0 Å². The van der Waals surface area contributed by atoms with Crippen molar-refractivity contribution >= 4 is 38.2 Å². The van der Waals surface area contributed by atoms with Gasteiger partial charge in [0.15, 0.2) is 9.84 Å². The summed E-state index contributed by atoms with van der Waals surface area (Å²) in [6, 6.07) is 12.1. The number of hydrogen-bond donors (Lipinski definition) is 1. The van der Waals surface area contributed by atoms with Gasteiger partial charge in [-0.1, -0.05) is 24.3 Å². The number of amides is 2. The summed E-state index contributed by atoms with van der Waals surface area (Å²) in [7, 11) is -4.05. The molecule has 1 fully saturated rings. The minimum Gasteiger partial charge on any atom is -0.372 e. The number of benzene rings is 2. The quantitative estimate of drug-likeness (QED) is 0.577. The maximum absolute atomic E-state index is 13.4. The van der Waals surface area contributed by atoms with Crippen LogP contribution < -0.4 is 5.32 Å². The Morgan fingerprint density at radius 3 is 2.50 bits per heavy atom. The average Bonchev–Trinajstić information content (AvgIpc) is 3.12. The fraction of sp³-hybridized carbons (Fsp3) is 0.333. The lowest BCUT2D eigenvalue weighted by molar-refractivity contribution is -0.143. The van der Waals surface area contributed by atoms with Crippen LogP contribution in [-0.4, -0.2) is 60.7 Å². The first-order chi connectivity index (χ1) is 16.1. The van der Waals surface area contributed by atoms with Crippen LogP contribution in [0.15, 0.2) is 59.6 Å². The topological polar surface area (TPSA) is 97.7 Å². The molecule has 34 heavy (non-hydrogen) atoms. The zero-order chi connectivity index (χ0) is 24.5. The summed E-state index contributed by atoms with van der Waals surface area (Å²) >= 11 is 0. The Hall–Kier alpha value is -3.24. The number of ether oxygens (including phenoxy) is 1. The molecule has 2 atom stereocenters. The molecule has 3 aromatic rings. The molecule has 0 spiro atoms. The predicted octanol–water partition coefficient (Wildman–Crippen LogP) is 2.83. The first-order valence-corrected chi connectivity index (χ1v) is 12.6. The standard InChI is InChI=1S/C24H26FN3O5S/c1-16-11-28(12-17(2)33-16)24(30)14-27-13-22(20-8-3-4-9-21(20)27)34(31,32)15-23(29)26-19-7-5-6-18(25)10-19/h3-10,13,16-17H,11-12,14-15H2,1-2H3,(H,26,29). The number of nitrogens with zero attached hydrogens (tertiary/aromatic N) is 2. The molecule has 2 unspecified atom stereocenters. The number of para-hydroxylation sites is 1. The molecule has 10 heteroatoms. The zero-order valence-corrected chi connectivity index (χ0v) is 19.7. The second kappa shape index (κ2) is 9.55. The van der Waals surface area contributed by atoms with E-state index in [1.165, 1.54) is 24.4 Å². The molecule has 8 nitrogen and oxygen atoms in total. The van der Waals surface area contributed by atoms with Crippen LogP contribution in [0.25, 0.3) is 10.9 Å². The summed E-state index contributed by atoms with van der Waals surface area (Å²) in [5, 5.41) is 2.84. The number of fused-ring (bicyclic) bond motifs is 1. The van der Waals surface area contributed by atoms with Crippen molar-refractivity contribution in [2.45, 2.75) is 37.5 Å². The van der Waals surface area contributed by atoms with Gasteiger partial charge >= 0.3 is 0 Å². The third-order valence-corrected chi connectivity index (χ3v) is 7.23. The molecule has 2 aromatic carbocycles. The van der Waals surface area contributed by atoms with Crippen molar-refractivity contribution in [2.24, 2.45) is 0 Å². The van der Waals surface area contributed by atoms with Gasteiger partial charge in [-0.25, -0.2) is 12.8 Å². The molecule has 2 amide bonds. The van der Waals surface area contributed by atoms with Crippen LogP contribution in [-0.2, 0) is 30.7 Å². The number of morpholine rings is 1. The molecule has 0 aliphatic carbocycles. The highest BCUT2D eigenvalue weighted by Gasteiger charge is 2.28. The number of sulfone groups is 1. The maximum Gasteiger partial charge on any atom is 0.242 e. The van der Waals surface area contributed by atoms with E-state index >= 15 is 0 Å². The average molecular weight is 488 g/mol. The monoisotopic (exact) mass is 487 g/mol. The highest BCUT2D eigenvalue weighted by molar-refractivity contribution is 7.92. The van der Waals surface area contributed by atoms with Crippen LogP contribution in [0.4, 0.5) is 10.1 Å². The highest BCUT2D eigenvalue weighted by Crippen LogP contribution is 2.27. The Labute approximate surface area is 197 Å². The van der Waals surface area contributed by atoms with Gasteiger partial charge in [-0.2, -0.15) is 0 Å². The van der Waals surface area contributed by atoms with Crippen molar-refractivity contribution in [1.82, 2.24) is 9.47 Å². The molecule has 1 N–H and O–H groups in total. The van der Waals surface area contributed by atoms with E-state index in [1.807, 2.05) is 13.8 Å². The number of rotatable bonds is 6. The fourth-order valence-corrected chi connectivity index (χ4v) is 5.60. The summed E-state index contributed by atoms with van der Waals surface area (Å²) in [5.41, 5.74) is 0.747. The number of aromatic nitrogens is 1. The molecular formula is C24H26FN3O5S. The summed E-state index contributed by atoms with van der Waals surface area (Å²) in [4.78, 5) is 27.1. The number of nitrogens with one attached hydrogen (secondary N) is 1. The number of hydrogen-bond acceptors (Lipinski definition) is 5. The van der Waals surface area contributed by atoms with Crippen molar-refractivity contribution in [2.75, 3.05) is 24.2 Å². The van der Waals surface area contributed by atoms with Crippen molar-refractivity contribution in [3.63, 3.8) is 0 Å². The van der Waals surface area contributed by atoms with E-state index in [0.29, 0.717) is 24.0 Å². The Morgan fingerprint density at radius 2 is 1.79 bits per heavy atom. The number of carbonyl (C=O) groups is 2. The van der Waals surface area contributed by atoms with Crippen LogP contribution >= 0.6 is 0 Å². The first kappa shape index (κ1) is 23.9. The Balaban J connectivity index is 1.57. The molecule has 0 radical (unpaired) electrons. The SMILES string of the molecule is CC1CN(C(=O)Cn2cc(S(=O)(=O)CC(=O)Nc3cccc(F)c3)c3ccccc32)CC(C)O1. The van der Waals surface area contributed by atoms with E-state index in [0.717, 1.165) is 6.07 Å². The van der Waals surface area contributed by atoms with Crippen LogP contribution in [0.5, 0.6) is 0 Å². The number of anilines is 1. The van der Waals surface area contributed by atoms with Crippen LogP contribution in [0, 0.1) is 5.82 Å². The van der Waals surface area contributed by atoms with E-state index in [9.17, 15) is 22.4 Å². The minimum absolute atomic E-state index is 0.0333. The lowest BCUT2D eigenvalue weighted by atomic mass is 10.2. The fourth-order valence-electron chi connectivity index (χ4n) is 4.23. The van der Waals surface area contributed by atoms with Gasteiger partial charge in [0.05, 0.1) is 17.1 Å². The van der Waals surface area contributed by atoms with E-state index in [4.69, 9.17) is 4.74 Å². The maximum atomic E-state index is 13.4. The predicted molar refractivity (Wildman–Crippen MR) is 126 cm³/mol. The molecule has 0 bridgehead atoms. The number of carbonyl (C=O) groups excluding carboxylic acids is 2. The lowest BCUT2D eigenvalue weighted by Gasteiger charge is -2.35. The Kier molecular flexibility index (Phi) is 6.72. The third kappa shape index (κ3) is 5.28. The summed E-state index contributed by atoms with van der Waals surface area (Å²) in [6.07, 6.45) is 1.24. The van der Waals surface area contributed by atoms with Gasteiger partial charge in [0, 0.05) is 35.9 Å². The van der Waals surface area contributed by atoms with E-state index in [1.54, 1.807) is 33.7 Å². The molecule has 4 rings (SSSR count). The van der Waals surface area contributed by atoms with Gasteiger partial charge in [0.1, 0.15) is 18.1 Å². The highest BCUT2D eigenvalue weighted by atomic mass is 32.2. The van der Waals surface area contributed by atoms with Crippen molar-refractivity contribution in [3.8, 4) is 0 Å². The van der Waals surface area contributed by atoms with E-state index in [2.05, 4.69) is 5.32 Å². The van der Waals surface area contributed by atoms with Crippen LogP contribution in [0.1, 0.15) is 13.8 Å². The second-order valence-electron chi connectivity index (χ2n) is 8.51. The smallest absolute Gasteiger partial charge is 0.242 e. The summed E-state index contributed by atoms with van der Waals surface area (Å²) < 4.78 is 46.9. The van der Waals surface area contributed by atoms with Gasteiger partial charge in [0.25, 0.3) is 0 Å². The van der Waals surface area contributed by atoms with Gasteiger partial charge < -0.3 is 19.5 Å². The van der Waals surface area contributed by atoms with Gasteiger partial charge in [-0.3, -0.25) is 9.59 Å². The lowest BCUT2D eigenvalue weighted by Crippen LogP contribution is -2.49. The van der Waals surface area contributed by atoms with E-state index in [-0.39, 0.29) is 35.2 Å². The third-order valence-electron chi connectivity index (χ3n) is 5.59. The molecule has 1 saturated heterocycles. The van der Waals surface area contributed by atoms with Crippen molar-refractivity contribution in [3.05, 3.63) is 60.5 Å². The van der Waals surface area contributed by atoms with Gasteiger partial charge in [0.2, 0.25) is 11.8 Å². The van der Waals surface area contributed by atoms with Crippen molar-refractivity contribution < 1.29 is 27.1 Å². The normalized spacial score (nSPS) is 18.7. The van der Waals surface area contributed by atoms with Gasteiger partial charge in [-0.05, 0) is 38.1 Å². The second-order valence-corrected chi connectivity index (χ2v) is 10.5. The van der Waals surface area contributed by atoms with Crippen LogP contribution in [0.2, 0.25) is 0 Å². The molecule has 0 saturated carbocycles. The molecule has 1 aliphatic heterocycles. The first-order valence-electron chi connectivity index (χ1n) is 10.9. The molecule has 1 aliphatic rings. The summed E-state index contributed by atoms with van der Waals surface area (Å²) in [6.45, 7) is 4.70. The zero-order valence-electron chi connectivity index (χ0n) is 18.9.